The molecule has 0 saturated carbocycles. The van der Waals surface area contributed by atoms with Crippen molar-refractivity contribution in [3.8, 4) is 0 Å². The number of aliphatic imine (C=N–C) groups is 1. The minimum atomic E-state index is -1.48. The second kappa shape index (κ2) is 7.98. The summed E-state index contributed by atoms with van der Waals surface area (Å²) in [7, 11) is 0. The predicted octanol–water partition coefficient (Wildman–Crippen LogP) is 2.76. The third kappa shape index (κ3) is 2.97. The number of amidine groups is 1. The van der Waals surface area contributed by atoms with E-state index in [0.29, 0.717) is 22.5 Å². The van der Waals surface area contributed by atoms with Gasteiger partial charge in [0, 0.05) is 18.4 Å². The summed E-state index contributed by atoms with van der Waals surface area (Å²) in [5.74, 6) is -3.50. The van der Waals surface area contributed by atoms with Crippen molar-refractivity contribution in [3.05, 3.63) is 96.1 Å². The number of carbonyl (C=O) groups is 4. The van der Waals surface area contributed by atoms with E-state index in [1.165, 1.54) is 0 Å². The van der Waals surface area contributed by atoms with Crippen molar-refractivity contribution in [1.29, 1.82) is 0 Å². The molecule has 3 aliphatic heterocycles. The van der Waals surface area contributed by atoms with E-state index in [9.17, 15) is 19.2 Å². The fraction of sp³-hybridized carbons (Fsp3) is 0.179. The molecule has 0 aromatic heterocycles. The molecular weight excluding hydrogens is 456 g/mol. The van der Waals surface area contributed by atoms with Gasteiger partial charge >= 0.3 is 0 Å². The molecule has 3 heterocycles. The summed E-state index contributed by atoms with van der Waals surface area (Å²) in [4.78, 5) is 61.3. The van der Waals surface area contributed by atoms with E-state index < -0.39 is 29.2 Å². The van der Waals surface area contributed by atoms with Crippen LogP contribution in [0.1, 0.15) is 24.0 Å². The minimum Gasteiger partial charge on any atom is -0.383 e. The number of anilines is 2. The minimum absolute atomic E-state index is 0.151. The molecule has 3 aromatic rings. The zero-order valence-electron chi connectivity index (χ0n) is 19.2. The number of amides is 4. The van der Waals surface area contributed by atoms with Gasteiger partial charge in [0.15, 0.2) is 0 Å². The van der Waals surface area contributed by atoms with Crippen molar-refractivity contribution in [2.45, 2.75) is 18.4 Å². The highest BCUT2D eigenvalue weighted by atomic mass is 16.2. The third-order valence-corrected chi connectivity index (χ3v) is 7.32. The lowest BCUT2D eigenvalue weighted by atomic mass is 9.68. The van der Waals surface area contributed by atoms with E-state index in [4.69, 9.17) is 10.7 Å². The normalized spacial score (nSPS) is 25.5. The van der Waals surface area contributed by atoms with E-state index in [2.05, 4.69) is 0 Å². The van der Waals surface area contributed by atoms with E-state index in [-0.39, 0.29) is 30.5 Å². The molecular formula is C28H22N4O4. The highest BCUT2D eigenvalue weighted by molar-refractivity contribution is 6.24. The molecule has 0 radical (unpaired) electrons. The molecule has 3 aromatic carbocycles. The first-order chi connectivity index (χ1) is 17.4. The number of para-hydroxylation sites is 2. The Balaban J connectivity index is 1.51. The van der Waals surface area contributed by atoms with Gasteiger partial charge in [0.05, 0.1) is 23.2 Å². The number of rotatable bonds is 4. The molecule has 8 nitrogen and oxygen atoms in total. The number of benzene rings is 3. The van der Waals surface area contributed by atoms with Gasteiger partial charge in [-0.15, -0.1) is 0 Å². The van der Waals surface area contributed by atoms with Crippen LogP contribution in [-0.2, 0) is 24.7 Å². The van der Waals surface area contributed by atoms with Crippen LogP contribution in [0.5, 0.6) is 0 Å². The Labute approximate surface area is 207 Å². The number of hydrogen-bond acceptors (Lipinski definition) is 6. The van der Waals surface area contributed by atoms with Crippen molar-refractivity contribution in [2.75, 3.05) is 9.80 Å². The van der Waals surface area contributed by atoms with Gasteiger partial charge in [-0.1, -0.05) is 60.7 Å². The van der Waals surface area contributed by atoms with Gasteiger partial charge in [-0.3, -0.25) is 34.0 Å². The van der Waals surface area contributed by atoms with Gasteiger partial charge in [0.2, 0.25) is 23.6 Å². The van der Waals surface area contributed by atoms with Crippen LogP contribution >= 0.6 is 0 Å². The van der Waals surface area contributed by atoms with Crippen LogP contribution in [0, 0.1) is 11.8 Å². The zero-order valence-corrected chi connectivity index (χ0v) is 19.2. The Morgan fingerprint density at radius 1 is 0.667 bits per heavy atom. The predicted molar refractivity (Wildman–Crippen MR) is 133 cm³/mol. The first-order valence-corrected chi connectivity index (χ1v) is 11.7. The van der Waals surface area contributed by atoms with Crippen molar-refractivity contribution in [1.82, 2.24) is 0 Å². The zero-order chi connectivity index (χ0) is 25.0. The Morgan fingerprint density at radius 2 is 1.11 bits per heavy atom. The number of hydrogen-bond donors (Lipinski definition) is 1. The number of nitrogens with zero attached hydrogens (tertiary/aromatic N) is 3. The third-order valence-electron chi connectivity index (χ3n) is 7.32. The lowest BCUT2D eigenvalue weighted by Crippen LogP contribution is -2.47. The molecule has 0 bridgehead atoms. The average Bonchev–Trinajstić information content (AvgIpc) is 3.48. The molecule has 2 unspecified atom stereocenters. The maximum absolute atomic E-state index is 13.9. The average molecular weight is 479 g/mol. The van der Waals surface area contributed by atoms with Crippen LogP contribution in [-0.4, -0.2) is 29.5 Å². The van der Waals surface area contributed by atoms with Crippen LogP contribution < -0.4 is 15.5 Å². The van der Waals surface area contributed by atoms with Gasteiger partial charge < -0.3 is 5.73 Å². The molecule has 2 fully saturated rings. The summed E-state index contributed by atoms with van der Waals surface area (Å²) in [5, 5.41) is 0. The van der Waals surface area contributed by atoms with Crippen LogP contribution in [0.4, 0.5) is 11.4 Å². The van der Waals surface area contributed by atoms with Gasteiger partial charge in [-0.05, 0) is 29.8 Å². The van der Waals surface area contributed by atoms with E-state index >= 15 is 0 Å². The first-order valence-electron chi connectivity index (χ1n) is 11.7. The fourth-order valence-electron chi connectivity index (χ4n) is 5.80. The van der Waals surface area contributed by atoms with E-state index in [1.54, 1.807) is 84.9 Å². The highest BCUT2D eigenvalue weighted by Gasteiger charge is 2.63. The number of fused-ring (bicyclic) bond motifs is 1. The molecule has 4 amide bonds. The molecule has 8 heteroatoms. The second-order valence-corrected chi connectivity index (χ2v) is 9.19. The van der Waals surface area contributed by atoms with Gasteiger partial charge in [-0.25, -0.2) is 0 Å². The summed E-state index contributed by atoms with van der Waals surface area (Å²) in [6.07, 6.45) is -0.301. The topological polar surface area (TPSA) is 113 Å². The number of imide groups is 2. The number of carbonyl (C=O) groups excluding carboxylic acids is 4. The Kier molecular flexibility index (Phi) is 4.86. The van der Waals surface area contributed by atoms with Gasteiger partial charge in [0.1, 0.15) is 11.4 Å². The summed E-state index contributed by atoms with van der Waals surface area (Å²) in [6, 6.07) is 24.5. The summed E-state index contributed by atoms with van der Waals surface area (Å²) < 4.78 is 0. The van der Waals surface area contributed by atoms with Crippen molar-refractivity contribution >= 4 is 40.8 Å². The molecule has 0 spiro atoms. The largest absolute Gasteiger partial charge is 0.383 e. The Bertz CT molecular complexity index is 1370. The first kappa shape index (κ1) is 21.9. The Hall–Kier alpha value is -4.59. The quantitative estimate of drug-likeness (QED) is 0.580. The lowest BCUT2D eigenvalue weighted by molar-refractivity contribution is -0.127. The van der Waals surface area contributed by atoms with Crippen LogP contribution in [0.2, 0.25) is 0 Å². The lowest BCUT2D eigenvalue weighted by Gasteiger charge is -2.36. The van der Waals surface area contributed by atoms with Crippen LogP contribution in [0.15, 0.2) is 89.9 Å². The second-order valence-electron chi connectivity index (χ2n) is 9.19. The molecule has 3 aliphatic rings. The Morgan fingerprint density at radius 3 is 1.61 bits per heavy atom. The molecule has 2 atom stereocenters. The molecule has 178 valence electrons. The molecule has 36 heavy (non-hydrogen) atoms. The molecule has 2 saturated heterocycles. The van der Waals surface area contributed by atoms with Crippen LogP contribution in [0.3, 0.4) is 0 Å². The summed E-state index contributed by atoms with van der Waals surface area (Å²) in [6.45, 7) is 0. The molecule has 6 rings (SSSR count). The van der Waals surface area contributed by atoms with Crippen molar-refractivity contribution in [2.24, 2.45) is 22.6 Å². The fourth-order valence-corrected chi connectivity index (χ4v) is 5.80. The molecule has 2 N–H and O–H groups in total. The molecule has 0 aliphatic carbocycles. The van der Waals surface area contributed by atoms with Gasteiger partial charge in [-0.2, -0.15) is 0 Å². The standard InChI is InChI=1S/C28H22N4O4/c29-25-19-13-7-8-14-20(19)28(30-25,21-15-23(33)31(26(21)35)17-9-3-1-4-10-17)22-16-24(34)32(27(22)36)18-11-5-2-6-12-18/h1-14,21-22H,15-16H2,(H2,29,30). The maximum atomic E-state index is 13.9. The monoisotopic (exact) mass is 478 g/mol. The highest BCUT2D eigenvalue weighted by Crippen LogP contribution is 2.53. The van der Waals surface area contributed by atoms with E-state index in [1.807, 2.05) is 0 Å². The number of nitrogens with two attached hydrogens (primary N) is 1. The van der Waals surface area contributed by atoms with Crippen molar-refractivity contribution in [3.63, 3.8) is 0 Å². The van der Waals surface area contributed by atoms with Crippen molar-refractivity contribution < 1.29 is 19.2 Å². The SMILES string of the molecule is NC1=NC(C2CC(=O)N(c3ccccc3)C2=O)(C2CC(=O)N(c3ccccc3)C2=O)c2ccccc21. The smallest absolute Gasteiger partial charge is 0.240 e. The van der Waals surface area contributed by atoms with E-state index in [0.717, 1.165) is 9.80 Å². The summed E-state index contributed by atoms with van der Waals surface area (Å²) >= 11 is 0. The summed E-state index contributed by atoms with van der Waals surface area (Å²) in [5.41, 5.74) is 6.96. The maximum Gasteiger partial charge on any atom is 0.240 e. The van der Waals surface area contributed by atoms with Gasteiger partial charge in [0.25, 0.3) is 0 Å². The van der Waals surface area contributed by atoms with Crippen LogP contribution in [0.25, 0.3) is 0 Å².